The van der Waals surface area contributed by atoms with Crippen molar-refractivity contribution in [2.75, 3.05) is 20.8 Å². The number of rotatable bonds is 10. The summed E-state index contributed by atoms with van der Waals surface area (Å²) < 4.78 is 21.0. The summed E-state index contributed by atoms with van der Waals surface area (Å²) in [4.78, 5) is 24.2. The summed E-state index contributed by atoms with van der Waals surface area (Å²) in [6, 6.07) is 12.6. The zero-order chi connectivity index (χ0) is 21.9. The van der Waals surface area contributed by atoms with Gasteiger partial charge in [-0.05, 0) is 55.3 Å². The van der Waals surface area contributed by atoms with Crippen LogP contribution in [0.4, 0.5) is 0 Å². The molecule has 0 fully saturated rings. The fourth-order valence-electron chi connectivity index (χ4n) is 2.57. The van der Waals surface area contributed by atoms with Crippen molar-refractivity contribution in [3.63, 3.8) is 0 Å². The van der Waals surface area contributed by atoms with Gasteiger partial charge in [0.2, 0.25) is 0 Å². The largest absolute Gasteiger partial charge is 0.497 e. The second kappa shape index (κ2) is 11.5. The van der Waals surface area contributed by atoms with E-state index in [1.807, 2.05) is 31.2 Å². The molecule has 0 unspecified atom stereocenters. The van der Waals surface area contributed by atoms with Gasteiger partial charge in [0.25, 0.3) is 5.91 Å². The third kappa shape index (κ3) is 6.84. The van der Waals surface area contributed by atoms with Gasteiger partial charge in [-0.1, -0.05) is 18.2 Å². The summed E-state index contributed by atoms with van der Waals surface area (Å²) in [7, 11) is 3.14. The van der Waals surface area contributed by atoms with Gasteiger partial charge < -0.3 is 24.3 Å². The van der Waals surface area contributed by atoms with Gasteiger partial charge in [-0.25, -0.2) is 4.79 Å². The molecule has 0 saturated carbocycles. The number of ether oxygens (including phenoxy) is 4. The van der Waals surface area contributed by atoms with E-state index in [-0.39, 0.29) is 5.91 Å². The van der Waals surface area contributed by atoms with Crippen LogP contribution in [0.2, 0.25) is 0 Å². The molecule has 0 aliphatic rings. The smallest absolute Gasteiger partial charge is 0.331 e. The molecule has 0 aliphatic carbocycles. The number of esters is 1. The average molecular weight is 413 g/mol. The molecule has 0 radical (unpaired) electrons. The van der Waals surface area contributed by atoms with Crippen molar-refractivity contribution in [1.82, 2.24) is 5.32 Å². The number of hydrogen-bond donors (Lipinski definition) is 1. The molecule has 1 amide bonds. The molecule has 2 aromatic carbocycles. The Bertz CT molecular complexity index is 876. The Morgan fingerprint density at radius 1 is 1.03 bits per heavy atom. The van der Waals surface area contributed by atoms with Crippen LogP contribution in [0, 0.1) is 0 Å². The summed E-state index contributed by atoms with van der Waals surface area (Å²) in [6.07, 6.45) is 1.93. The van der Waals surface area contributed by atoms with E-state index in [1.54, 1.807) is 38.5 Å². The number of amides is 1. The highest BCUT2D eigenvalue weighted by molar-refractivity contribution is 5.90. The number of carbonyl (C=O) groups is 2. The molecule has 30 heavy (non-hydrogen) atoms. The molecule has 2 aromatic rings. The van der Waals surface area contributed by atoms with Crippen molar-refractivity contribution < 1.29 is 28.5 Å². The minimum atomic E-state index is -0.921. The molecular formula is C23H27NO6. The van der Waals surface area contributed by atoms with E-state index in [4.69, 9.17) is 18.9 Å². The van der Waals surface area contributed by atoms with Gasteiger partial charge in [-0.15, -0.1) is 0 Å². The molecule has 0 aromatic heterocycles. The molecule has 7 heteroatoms. The van der Waals surface area contributed by atoms with Gasteiger partial charge in [0.05, 0.1) is 20.8 Å². The SMILES string of the molecule is CCOc1ccc(/C=C/C(=O)O[C@@H](C)C(=O)NCc2ccc(OC)cc2)cc1OC. The summed E-state index contributed by atoms with van der Waals surface area (Å²) >= 11 is 0. The van der Waals surface area contributed by atoms with Crippen LogP contribution in [-0.4, -0.2) is 38.8 Å². The number of carbonyl (C=O) groups excluding carboxylic acids is 2. The number of nitrogens with one attached hydrogen (secondary N) is 1. The van der Waals surface area contributed by atoms with Crippen LogP contribution in [-0.2, 0) is 20.9 Å². The van der Waals surface area contributed by atoms with Crippen LogP contribution < -0.4 is 19.5 Å². The molecular weight excluding hydrogens is 386 g/mol. The zero-order valence-corrected chi connectivity index (χ0v) is 17.6. The lowest BCUT2D eigenvalue weighted by molar-refractivity contribution is -0.150. The highest BCUT2D eigenvalue weighted by Crippen LogP contribution is 2.28. The summed E-state index contributed by atoms with van der Waals surface area (Å²) in [5, 5.41) is 2.74. The van der Waals surface area contributed by atoms with E-state index in [0.29, 0.717) is 24.7 Å². The molecule has 7 nitrogen and oxygen atoms in total. The molecule has 0 bridgehead atoms. The fraction of sp³-hybridized carbons (Fsp3) is 0.304. The van der Waals surface area contributed by atoms with E-state index in [9.17, 15) is 9.59 Å². The van der Waals surface area contributed by atoms with Gasteiger partial charge in [-0.2, -0.15) is 0 Å². The van der Waals surface area contributed by atoms with Crippen LogP contribution in [0.15, 0.2) is 48.5 Å². The Morgan fingerprint density at radius 2 is 1.77 bits per heavy atom. The van der Waals surface area contributed by atoms with Crippen LogP contribution in [0.25, 0.3) is 6.08 Å². The second-order valence-corrected chi connectivity index (χ2v) is 6.32. The van der Waals surface area contributed by atoms with Crippen LogP contribution in [0.5, 0.6) is 17.2 Å². The van der Waals surface area contributed by atoms with E-state index in [2.05, 4.69) is 5.32 Å². The molecule has 160 valence electrons. The number of hydrogen-bond acceptors (Lipinski definition) is 6. The Labute approximate surface area is 176 Å². The van der Waals surface area contributed by atoms with E-state index >= 15 is 0 Å². The summed E-state index contributed by atoms with van der Waals surface area (Å²) in [6.45, 7) is 4.26. The predicted octanol–water partition coefficient (Wildman–Crippen LogP) is 3.36. The Kier molecular flexibility index (Phi) is 8.75. The summed E-state index contributed by atoms with van der Waals surface area (Å²) in [5.74, 6) is 0.940. The maximum absolute atomic E-state index is 12.2. The van der Waals surface area contributed by atoms with Crippen molar-refractivity contribution in [3.05, 3.63) is 59.7 Å². The molecule has 0 aliphatic heterocycles. The quantitative estimate of drug-likeness (QED) is 0.475. The lowest BCUT2D eigenvalue weighted by atomic mass is 10.2. The van der Waals surface area contributed by atoms with E-state index in [1.165, 1.54) is 13.0 Å². The number of benzene rings is 2. The monoisotopic (exact) mass is 413 g/mol. The van der Waals surface area contributed by atoms with Crippen molar-refractivity contribution in [2.24, 2.45) is 0 Å². The Balaban J connectivity index is 1.86. The first-order valence-corrected chi connectivity index (χ1v) is 9.57. The molecule has 1 N–H and O–H groups in total. The second-order valence-electron chi connectivity index (χ2n) is 6.32. The first kappa shape index (κ1) is 22.8. The van der Waals surface area contributed by atoms with Gasteiger partial charge in [0, 0.05) is 12.6 Å². The molecule has 1 atom stereocenters. The lowest BCUT2D eigenvalue weighted by Crippen LogP contribution is -2.35. The van der Waals surface area contributed by atoms with Crippen molar-refractivity contribution in [1.29, 1.82) is 0 Å². The highest BCUT2D eigenvalue weighted by atomic mass is 16.5. The van der Waals surface area contributed by atoms with Crippen LogP contribution in [0.3, 0.4) is 0 Å². The normalized spacial score (nSPS) is 11.6. The molecule has 0 spiro atoms. The van der Waals surface area contributed by atoms with Crippen LogP contribution in [0.1, 0.15) is 25.0 Å². The molecule has 2 rings (SSSR count). The third-order valence-electron chi connectivity index (χ3n) is 4.19. The van der Waals surface area contributed by atoms with Crippen molar-refractivity contribution in [2.45, 2.75) is 26.5 Å². The van der Waals surface area contributed by atoms with Crippen molar-refractivity contribution in [3.8, 4) is 17.2 Å². The van der Waals surface area contributed by atoms with Gasteiger partial charge in [0.15, 0.2) is 17.6 Å². The average Bonchev–Trinajstić information content (AvgIpc) is 2.77. The number of methoxy groups -OCH3 is 2. The third-order valence-corrected chi connectivity index (χ3v) is 4.19. The fourth-order valence-corrected chi connectivity index (χ4v) is 2.57. The first-order chi connectivity index (χ1) is 14.5. The maximum Gasteiger partial charge on any atom is 0.331 e. The van der Waals surface area contributed by atoms with Gasteiger partial charge in [-0.3, -0.25) is 4.79 Å². The van der Waals surface area contributed by atoms with Crippen LogP contribution >= 0.6 is 0 Å². The topological polar surface area (TPSA) is 83.1 Å². The first-order valence-electron chi connectivity index (χ1n) is 9.57. The summed E-state index contributed by atoms with van der Waals surface area (Å²) in [5.41, 5.74) is 1.65. The van der Waals surface area contributed by atoms with Crippen molar-refractivity contribution >= 4 is 18.0 Å². The van der Waals surface area contributed by atoms with Gasteiger partial charge >= 0.3 is 5.97 Å². The minimum Gasteiger partial charge on any atom is -0.497 e. The molecule has 0 heterocycles. The minimum absolute atomic E-state index is 0.326. The predicted molar refractivity (Wildman–Crippen MR) is 114 cm³/mol. The van der Waals surface area contributed by atoms with E-state index in [0.717, 1.165) is 16.9 Å². The maximum atomic E-state index is 12.2. The highest BCUT2D eigenvalue weighted by Gasteiger charge is 2.16. The lowest BCUT2D eigenvalue weighted by Gasteiger charge is -2.12. The zero-order valence-electron chi connectivity index (χ0n) is 17.6. The molecule has 0 saturated heterocycles. The van der Waals surface area contributed by atoms with Gasteiger partial charge in [0.1, 0.15) is 5.75 Å². The Hall–Kier alpha value is -3.48. The Morgan fingerprint density at radius 3 is 2.40 bits per heavy atom. The van der Waals surface area contributed by atoms with E-state index < -0.39 is 12.1 Å². The standard InChI is InChI=1S/C23H27NO6/c1-5-29-20-12-8-17(14-21(20)28-4)9-13-22(25)30-16(2)23(26)24-15-18-6-10-19(27-3)11-7-18/h6-14,16H,5,15H2,1-4H3,(H,24,26)/b13-9+/t16-/m0/s1.